The van der Waals surface area contributed by atoms with Gasteiger partial charge in [0.25, 0.3) is 5.91 Å². The maximum absolute atomic E-state index is 12.1. The number of rotatable bonds is 6. The van der Waals surface area contributed by atoms with E-state index >= 15 is 0 Å². The second-order valence-corrected chi connectivity index (χ2v) is 5.77. The molecule has 1 atom stereocenters. The van der Waals surface area contributed by atoms with Crippen molar-refractivity contribution in [3.63, 3.8) is 0 Å². The number of benzene rings is 2. The first-order valence-electron chi connectivity index (χ1n) is 7.95. The number of amides is 1. The van der Waals surface area contributed by atoms with Crippen molar-refractivity contribution >= 4 is 11.7 Å². The van der Waals surface area contributed by atoms with Crippen LogP contribution in [0.25, 0.3) is 0 Å². The van der Waals surface area contributed by atoms with E-state index in [2.05, 4.69) is 5.32 Å². The lowest BCUT2D eigenvalue weighted by Crippen LogP contribution is -2.31. The number of hydrogen-bond donors (Lipinski definition) is 1. The molecule has 1 N–H and O–H groups in total. The fraction of sp³-hybridized carbons (Fsp3) is 0.263. The molecule has 1 aliphatic heterocycles. The third-order valence-corrected chi connectivity index (χ3v) is 3.88. The summed E-state index contributed by atoms with van der Waals surface area (Å²) in [6.45, 7) is 3.45. The molecule has 0 bridgehead atoms. The summed E-state index contributed by atoms with van der Waals surface area (Å²) >= 11 is 0. The van der Waals surface area contributed by atoms with Crippen molar-refractivity contribution in [3.05, 3.63) is 53.6 Å². The predicted molar refractivity (Wildman–Crippen MR) is 91.1 cm³/mol. The largest absolute Gasteiger partial charge is 0.484 e. The molecule has 0 aliphatic carbocycles. The lowest BCUT2D eigenvalue weighted by molar-refractivity contribution is -0.123. The molecule has 2 aromatic carbocycles. The maximum atomic E-state index is 12.1. The molecule has 0 saturated carbocycles. The number of fused-ring (bicyclic) bond motifs is 1. The van der Waals surface area contributed by atoms with E-state index in [0.717, 1.165) is 5.56 Å². The van der Waals surface area contributed by atoms with Gasteiger partial charge in [-0.3, -0.25) is 9.59 Å². The van der Waals surface area contributed by atoms with Crippen LogP contribution in [0.3, 0.4) is 0 Å². The number of carbonyl (C=O) groups is 2. The molecule has 0 spiro atoms. The van der Waals surface area contributed by atoms with Crippen LogP contribution in [-0.4, -0.2) is 25.1 Å². The zero-order chi connectivity index (χ0) is 17.8. The van der Waals surface area contributed by atoms with Crippen molar-refractivity contribution in [1.29, 1.82) is 0 Å². The van der Waals surface area contributed by atoms with Crippen LogP contribution in [0.5, 0.6) is 17.2 Å². The van der Waals surface area contributed by atoms with Gasteiger partial charge < -0.3 is 19.5 Å². The minimum absolute atomic E-state index is 0.0497. The molecular formula is C19H19NO5. The van der Waals surface area contributed by atoms with Gasteiger partial charge >= 0.3 is 0 Å². The van der Waals surface area contributed by atoms with E-state index in [1.165, 1.54) is 6.92 Å². The average molecular weight is 341 g/mol. The van der Waals surface area contributed by atoms with Gasteiger partial charge in [-0.05, 0) is 43.7 Å². The molecule has 6 heteroatoms. The van der Waals surface area contributed by atoms with Gasteiger partial charge in [0, 0.05) is 5.56 Å². The molecule has 0 radical (unpaired) electrons. The van der Waals surface area contributed by atoms with Crippen LogP contribution in [0.4, 0.5) is 0 Å². The fourth-order valence-electron chi connectivity index (χ4n) is 2.50. The van der Waals surface area contributed by atoms with Crippen LogP contribution in [0, 0.1) is 0 Å². The lowest BCUT2D eigenvalue weighted by Gasteiger charge is -2.15. The highest BCUT2D eigenvalue weighted by atomic mass is 16.7. The first-order chi connectivity index (χ1) is 12.0. The van der Waals surface area contributed by atoms with Crippen molar-refractivity contribution < 1.29 is 23.8 Å². The minimum Gasteiger partial charge on any atom is -0.484 e. The first-order valence-corrected chi connectivity index (χ1v) is 7.95. The lowest BCUT2D eigenvalue weighted by atomic mass is 10.1. The van der Waals surface area contributed by atoms with Crippen LogP contribution in [0.15, 0.2) is 42.5 Å². The second kappa shape index (κ2) is 7.25. The zero-order valence-electron chi connectivity index (χ0n) is 14.1. The predicted octanol–water partition coefficient (Wildman–Crippen LogP) is 2.87. The fourth-order valence-corrected chi connectivity index (χ4v) is 2.50. The molecule has 3 rings (SSSR count). The van der Waals surface area contributed by atoms with E-state index in [1.54, 1.807) is 24.3 Å². The minimum atomic E-state index is -0.251. The molecule has 0 fully saturated rings. The molecule has 0 aromatic heterocycles. The number of Topliss-reactive ketones (excluding diaryl/α,β-unsaturated/α-hetero) is 1. The number of hydrogen-bond acceptors (Lipinski definition) is 5. The topological polar surface area (TPSA) is 73.9 Å². The third kappa shape index (κ3) is 4.09. The summed E-state index contributed by atoms with van der Waals surface area (Å²) in [6.07, 6.45) is 0. The summed E-state index contributed by atoms with van der Waals surface area (Å²) in [6, 6.07) is 12.1. The molecule has 2 aromatic rings. The summed E-state index contributed by atoms with van der Waals surface area (Å²) in [5.74, 6) is 1.56. The summed E-state index contributed by atoms with van der Waals surface area (Å²) in [7, 11) is 0. The standard InChI is InChI=1S/C19H19NO5/c1-12(14-6-7-17-18(9-14)25-11-24-17)20-19(22)10-23-16-5-3-4-15(8-16)13(2)21/h3-9,12H,10-11H2,1-2H3,(H,20,22)/t12-/m1/s1. The highest BCUT2D eigenvalue weighted by molar-refractivity contribution is 5.94. The summed E-state index contributed by atoms with van der Waals surface area (Å²) < 4.78 is 16.1. The molecule has 1 heterocycles. The van der Waals surface area contributed by atoms with Crippen molar-refractivity contribution in [3.8, 4) is 17.2 Å². The SMILES string of the molecule is CC(=O)c1cccc(OCC(=O)N[C@H](C)c2ccc3c(c2)OCO3)c1. The Morgan fingerprint density at radius 1 is 1.16 bits per heavy atom. The van der Waals surface area contributed by atoms with E-state index in [0.29, 0.717) is 22.8 Å². The quantitative estimate of drug-likeness (QED) is 0.818. The van der Waals surface area contributed by atoms with Gasteiger partial charge in [-0.15, -0.1) is 0 Å². The van der Waals surface area contributed by atoms with Crippen molar-refractivity contribution in [1.82, 2.24) is 5.32 Å². The van der Waals surface area contributed by atoms with E-state index in [4.69, 9.17) is 14.2 Å². The Kier molecular flexibility index (Phi) is 4.88. The Bertz CT molecular complexity index is 802. The van der Waals surface area contributed by atoms with Crippen molar-refractivity contribution in [2.75, 3.05) is 13.4 Å². The third-order valence-electron chi connectivity index (χ3n) is 3.88. The van der Waals surface area contributed by atoms with Gasteiger partial charge in [0.15, 0.2) is 23.9 Å². The van der Waals surface area contributed by atoms with E-state index in [1.807, 2.05) is 25.1 Å². The molecule has 0 unspecified atom stereocenters. The van der Waals surface area contributed by atoms with Gasteiger partial charge in [-0.2, -0.15) is 0 Å². The van der Waals surface area contributed by atoms with Crippen LogP contribution < -0.4 is 19.5 Å². The Balaban J connectivity index is 1.55. The number of carbonyl (C=O) groups excluding carboxylic acids is 2. The summed E-state index contributed by atoms with van der Waals surface area (Å²) in [5, 5.41) is 2.87. The Hall–Kier alpha value is -3.02. The second-order valence-electron chi connectivity index (χ2n) is 5.77. The van der Waals surface area contributed by atoms with Crippen LogP contribution in [0.2, 0.25) is 0 Å². The number of nitrogens with one attached hydrogen (secondary N) is 1. The average Bonchev–Trinajstić information content (AvgIpc) is 3.07. The highest BCUT2D eigenvalue weighted by Gasteiger charge is 2.17. The van der Waals surface area contributed by atoms with E-state index in [-0.39, 0.29) is 31.1 Å². The molecule has 130 valence electrons. The Labute approximate surface area is 145 Å². The maximum Gasteiger partial charge on any atom is 0.258 e. The summed E-state index contributed by atoms with van der Waals surface area (Å²) in [5.41, 5.74) is 1.46. The highest BCUT2D eigenvalue weighted by Crippen LogP contribution is 2.34. The molecule has 0 saturated heterocycles. The first kappa shape index (κ1) is 16.8. The Morgan fingerprint density at radius 3 is 2.76 bits per heavy atom. The molecule has 1 aliphatic rings. The normalized spacial score (nSPS) is 13.2. The van der Waals surface area contributed by atoms with E-state index < -0.39 is 0 Å². The van der Waals surface area contributed by atoms with Gasteiger partial charge in [-0.1, -0.05) is 18.2 Å². The van der Waals surface area contributed by atoms with Crippen molar-refractivity contribution in [2.24, 2.45) is 0 Å². The molecule has 6 nitrogen and oxygen atoms in total. The molecular weight excluding hydrogens is 322 g/mol. The van der Waals surface area contributed by atoms with Gasteiger partial charge in [-0.25, -0.2) is 0 Å². The van der Waals surface area contributed by atoms with Crippen LogP contribution >= 0.6 is 0 Å². The van der Waals surface area contributed by atoms with Crippen molar-refractivity contribution in [2.45, 2.75) is 19.9 Å². The molecule has 1 amide bonds. The molecule has 25 heavy (non-hydrogen) atoms. The van der Waals surface area contributed by atoms with Gasteiger partial charge in [0.05, 0.1) is 6.04 Å². The number of ketones is 1. The Morgan fingerprint density at radius 2 is 1.96 bits per heavy atom. The van der Waals surface area contributed by atoms with Crippen LogP contribution in [0.1, 0.15) is 35.8 Å². The van der Waals surface area contributed by atoms with E-state index in [9.17, 15) is 9.59 Å². The number of ether oxygens (including phenoxy) is 3. The van der Waals surface area contributed by atoms with Gasteiger partial charge in [0.2, 0.25) is 6.79 Å². The summed E-state index contributed by atoms with van der Waals surface area (Å²) in [4.78, 5) is 23.5. The van der Waals surface area contributed by atoms with Crippen LogP contribution in [-0.2, 0) is 4.79 Å². The monoisotopic (exact) mass is 341 g/mol. The van der Waals surface area contributed by atoms with Gasteiger partial charge in [0.1, 0.15) is 5.75 Å². The zero-order valence-corrected chi connectivity index (χ0v) is 14.1. The smallest absolute Gasteiger partial charge is 0.258 e.